The lowest BCUT2D eigenvalue weighted by Gasteiger charge is -2.30. The van der Waals surface area contributed by atoms with Gasteiger partial charge in [-0.3, -0.25) is 4.98 Å². The highest BCUT2D eigenvalue weighted by Crippen LogP contribution is 2.35. The van der Waals surface area contributed by atoms with Gasteiger partial charge in [0, 0.05) is 29.5 Å². The lowest BCUT2D eigenvalue weighted by atomic mass is 10.0. The molecule has 152 valence electrons. The molecule has 0 aliphatic carbocycles. The Balaban J connectivity index is 1.56. The Labute approximate surface area is 181 Å². The monoisotopic (exact) mass is 438 g/mol. The first kappa shape index (κ1) is 18.2. The number of rotatable bonds is 3. The number of halogens is 1. The minimum atomic E-state index is 0.216. The standard InChI is InChI=1S/C21H19ClN6OS/c1-12-6-15(4-5-29-12)28-19(8-14-10-27-21(25-14)30-11-24-27)26-18-9-23-17-3-2-13(22)7-16(17)20(18)28/h2-3,7,9-12,15H,4-6,8H2,1H3/t12-,15-/m1/s1. The molecule has 0 amide bonds. The topological polar surface area (TPSA) is 70.1 Å². The zero-order valence-corrected chi connectivity index (χ0v) is 17.9. The smallest absolute Gasteiger partial charge is 0.212 e. The van der Waals surface area contributed by atoms with Crippen LogP contribution in [-0.4, -0.2) is 41.8 Å². The number of hydrogen-bond acceptors (Lipinski definition) is 6. The van der Waals surface area contributed by atoms with Crippen LogP contribution in [0.3, 0.4) is 0 Å². The van der Waals surface area contributed by atoms with Gasteiger partial charge in [0.2, 0.25) is 4.96 Å². The van der Waals surface area contributed by atoms with Crippen molar-refractivity contribution in [1.82, 2.24) is 29.1 Å². The third kappa shape index (κ3) is 2.98. The van der Waals surface area contributed by atoms with Gasteiger partial charge in [0.1, 0.15) is 16.9 Å². The maximum Gasteiger partial charge on any atom is 0.212 e. The second kappa shape index (κ2) is 7.01. The van der Waals surface area contributed by atoms with Gasteiger partial charge in [-0.15, -0.1) is 0 Å². The van der Waals surface area contributed by atoms with Crippen molar-refractivity contribution in [3.63, 3.8) is 0 Å². The molecule has 0 N–H and O–H groups in total. The van der Waals surface area contributed by atoms with Gasteiger partial charge in [-0.25, -0.2) is 14.5 Å². The molecule has 0 spiro atoms. The second-order valence-corrected chi connectivity index (χ2v) is 9.03. The van der Waals surface area contributed by atoms with Crippen LogP contribution in [0, 0.1) is 0 Å². The zero-order chi connectivity index (χ0) is 20.2. The van der Waals surface area contributed by atoms with Crippen molar-refractivity contribution in [3.8, 4) is 0 Å². The van der Waals surface area contributed by atoms with E-state index in [1.54, 1.807) is 5.51 Å². The van der Waals surface area contributed by atoms with E-state index in [1.165, 1.54) is 11.3 Å². The number of pyridine rings is 1. The molecule has 5 aromatic rings. The van der Waals surface area contributed by atoms with Crippen LogP contribution in [0.25, 0.3) is 26.9 Å². The van der Waals surface area contributed by atoms with E-state index in [2.05, 4.69) is 21.6 Å². The Hall–Kier alpha value is -2.55. The van der Waals surface area contributed by atoms with Crippen LogP contribution in [0.15, 0.2) is 36.1 Å². The predicted octanol–water partition coefficient (Wildman–Crippen LogP) is 4.67. The van der Waals surface area contributed by atoms with Gasteiger partial charge in [-0.05, 0) is 38.0 Å². The molecular formula is C21H19ClN6OS. The summed E-state index contributed by atoms with van der Waals surface area (Å²) in [7, 11) is 0. The summed E-state index contributed by atoms with van der Waals surface area (Å²) in [5.74, 6) is 0.990. The largest absolute Gasteiger partial charge is 0.378 e. The summed E-state index contributed by atoms with van der Waals surface area (Å²) < 4.78 is 10.0. The molecule has 0 saturated carbocycles. The van der Waals surface area contributed by atoms with Crippen LogP contribution < -0.4 is 0 Å². The predicted molar refractivity (Wildman–Crippen MR) is 117 cm³/mol. The van der Waals surface area contributed by atoms with Gasteiger partial charge in [-0.2, -0.15) is 5.10 Å². The maximum absolute atomic E-state index is 6.35. The molecule has 2 atom stereocenters. The number of fused-ring (bicyclic) bond motifs is 4. The van der Waals surface area contributed by atoms with Crippen LogP contribution in [-0.2, 0) is 11.2 Å². The lowest BCUT2D eigenvalue weighted by molar-refractivity contribution is 0.00631. The van der Waals surface area contributed by atoms with Crippen molar-refractivity contribution in [2.45, 2.75) is 38.3 Å². The van der Waals surface area contributed by atoms with Gasteiger partial charge in [0.25, 0.3) is 0 Å². The average molecular weight is 439 g/mol. The molecule has 1 fully saturated rings. The summed E-state index contributed by atoms with van der Waals surface area (Å²) in [6.07, 6.45) is 6.60. The normalized spacial score (nSPS) is 19.9. The van der Waals surface area contributed by atoms with Gasteiger partial charge < -0.3 is 9.30 Å². The highest BCUT2D eigenvalue weighted by atomic mass is 35.5. The summed E-state index contributed by atoms with van der Waals surface area (Å²) in [6, 6.07) is 6.15. The molecule has 1 saturated heterocycles. The molecule has 0 unspecified atom stereocenters. The first-order valence-corrected chi connectivity index (χ1v) is 11.3. The fourth-order valence-corrected chi connectivity index (χ4v) is 5.25. The molecule has 1 aliphatic rings. The SMILES string of the molecule is C[C@@H]1C[C@H](n2c(Cc3cn4ncsc4n3)nc3cnc4ccc(Cl)cc4c32)CCO1. The quantitative estimate of drug-likeness (QED) is 0.409. The van der Waals surface area contributed by atoms with E-state index in [4.69, 9.17) is 26.3 Å². The number of ether oxygens (including phenoxy) is 1. The van der Waals surface area contributed by atoms with E-state index in [-0.39, 0.29) is 6.10 Å². The third-order valence-corrected chi connectivity index (χ3v) is 6.67. The van der Waals surface area contributed by atoms with E-state index in [0.717, 1.165) is 57.9 Å². The summed E-state index contributed by atoms with van der Waals surface area (Å²) in [4.78, 5) is 15.2. The van der Waals surface area contributed by atoms with Crippen LogP contribution in [0.2, 0.25) is 5.02 Å². The fraction of sp³-hybridized carbons (Fsp3) is 0.333. The van der Waals surface area contributed by atoms with E-state index < -0.39 is 0 Å². The Morgan fingerprint density at radius 3 is 3.07 bits per heavy atom. The highest BCUT2D eigenvalue weighted by molar-refractivity contribution is 7.14. The average Bonchev–Trinajstić information content (AvgIpc) is 3.41. The van der Waals surface area contributed by atoms with E-state index >= 15 is 0 Å². The van der Waals surface area contributed by atoms with Gasteiger partial charge in [0.15, 0.2) is 0 Å². The summed E-state index contributed by atoms with van der Waals surface area (Å²) >= 11 is 7.89. The minimum Gasteiger partial charge on any atom is -0.378 e. The van der Waals surface area contributed by atoms with Crippen LogP contribution in [0.4, 0.5) is 0 Å². The van der Waals surface area contributed by atoms with Crippen LogP contribution in [0.5, 0.6) is 0 Å². The molecule has 4 aromatic heterocycles. The van der Waals surface area contributed by atoms with Gasteiger partial charge in [-0.1, -0.05) is 22.9 Å². The number of hydrogen-bond donors (Lipinski definition) is 0. The van der Waals surface area contributed by atoms with Crippen molar-refractivity contribution in [2.75, 3.05) is 6.61 Å². The van der Waals surface area contributed by atoms with Gasteiger partial charge >= 0.3 is 0 Å². The number of nitrogens with zero attached hydrogens (tertiary/aromatic N) is 6. The van der Waals surface area contributed by atoms with E-state index in [1.807, 2.05) is 35.1 Å². The first-order chi connectivity index (χ1) is 14.7. The van der Waals surface area contributed by atoms with Crippen molar-refractivity contribution in [2.24, 2.45) is 0 Å². The van der Waals surface area contributed by atoms with E-state index in [9.17, 15) is 0 Å². The minimum absolute atomic E-state index is 0.216. The molecule has 6 rings (SSSR count). The molecule has 0 bridgehead atoms. The molecule has 1 aromatic carbocycles. The Morgan fingerprint density at radius 2 is 2.20 bits per heavy atom. The number of benzene rings is 1. The van der Waals surface area contributed by atoms with Crippen molar-refractivity contribution in [1.29, 1.82) is 0 Å². The molecular weight excluding hydrogens is 420 g/mol. The molecule has 5 heterocycles. The molecule has 9 heteroatoms. The lowest BCUT2D eigenvalue weighted by Crippen LogP contribution is -2.26. The Kier molecular flexibility index (Phi) is 4.26. The molecule has 30 heavy (non-hydrogen) atoms. The van der Waals surface area contributed by atoms with Crippen molar-refractivity contribution < 1.29 is 4.74 Å². The van der Waals surface area contributed by atoms with Gasteiger partial charge in [0.05, 0.1) is 35.2 Å². The molecule has 7 nitrogen and oxygen atoms in total. The Morgan fingerprint density at radius 1 is 1.27 bits per heavy atom. The summed E-state index contributed by atoms with van der Waals surface area (Å²) in [5, 5.41) is 6.03. The van der Waals surface area contributed by atoms with Crippen LogP contribution >= 0.6 is 22.9 Å². The summed E-state index contributed by atoms with van der Waals surface area (Å²) in [6.45, 7) is 2.88. The zero-order valence-electron chi connectivity index (χ0n) is 16.3. The van der Waals surface area contributed by atoms with E-state index in [0.29, 0.717) is 17.5 Å². The fourth-order valence-electron chi connectivity index (χ4n) is 4.46. The highest BCUT2D eigenvalue weighted by Gasteiger charge is 2.26. The van der Waals surface area contributed by atoms with Crippen molar-refractivity contribution >= 4 is 49.8 Å². The molecule has 0 radical (unpaired) electrons. The number of aromatic nitrogens is 6. The van der Waals surface area contributed by atoms with Crippen molar-refractivity contribution in [3.05, 3.63) is 52.6 Å². The number of imidazole rings is 2. The molecule has 1 aliphatic heterocycles. The second-order valence-electron chi connectivity index (χ2n) is 7.79. The maximum atomic E-state index is 6.35. The third-order valence-electron chi connectivity index (χ3n) is 5.75. The Bertz CT molecular complexity index is 1360. The van der Waals surface area contributed by atoms with Crippen LogP contribution in [0.1, 0.15) is 37.3 Å². The first-order valence-electron chi connectivity index (χ1n) is 10.00. The summed E-state index contributed by atoms with van der Waals surface area (Å²) in [5.41, 5.74) is 5.66.